The van der Waals surface area contributed by atoms with Gasteiger partial charge < -0.3 is 15.2 Å². The second kappa shape index (κ2) is 7.61. The number of nitrogens with two attached hydrogens (primary N) is 1. The van der Waals surface area contributed by atoms with Crippen LogP contribution in [0.1, 0.15) is 34.0 Å². The van der Waals surface area contributed by atoms with Crippen LogP contribution < -0.4 is 15.2 Å². The Labute approximate surface area is 136 Å². The molecule has 0 radical (unpaired) electrons. The van der Waals surface area contributed by atoms with Gasteiger partial charge in [0.25, 0.3) is 0 Å². The summed E-state index contributed by atoms with van der Waals surface area (Å²) in [6.45, 7) is 7.29. The molecule has 1 aromatic heterocycles. The van der Waals surface area contributed by atoms with E-state index in [-0.39, 0.29) is 5.92 Å². The third-order valence-electron chi connectivity index (χ3n) is 3.71. The van der Waals surface area contributed by atoms with Crippen molar-refractivity contribution in [1.29, 1.82) is 0 Å². The van der Waals surface area contributed by atoms with Gasteiger partial charge in [-0.05, 0) is 38.8 Å². The number of hydrogen-bond donors (Lipinski definition) is 1. The van der Waals surface area contributed by atoms with Crippen LogP contribution in [0.4, 0.5) is 0 Å². The van der Waals surface area contributed by atoms with Crippen LogP contribution in [0, 0.1) is 13.8 Å². The SMILES string of the molecule is CCOc1c(CC(CN)c2nc(C)c(C)s2)cccc1OC. The maximum atomic E-state index is 6.00. The standard InChI is InChI=1S/C17H24N2O2S/c1-5-21-16-13(7-6-8-15(16)20-4)9-14(10-18)17-19-11(2)12(3)22-17/h6-8,14H,5,9-10,18H2,1-4H3. The molecule has 0 aliphatic heterocycles. The topological polar surface area (TPSA) is 57.4 Å². The van der Waals surface area contributed by atoms with E-state index >= 15 is 0 Å². The van der Waals surface area contributed by atoms with Crippen molar-refractivity contribution in [3.8, 4) is 11.5 Å². The van der Waals surface area contributed by atoms with E-state index in [1.54, 1.807) is 18.4 Å². The number of aryl methyl sites for hydroxylation is 2. The van der Waals surface area contributed by atoms with Crippen LogP contribution in [0.15, 0.2) is 18.2 Å². The molecule has 5 heteroatoms. The molecule has 4 nitrogen and oxygen atoms in total. The molecule has 0 saturated heterocycles. The molecule has 22 heavy (non-hydrogen) atoms. The predicted octanol–water partition coefficient (Wildman–Crippen LogP) is 3.45. The van der Waals surface area contributed by atoms with Gasteiger partial charge in [0.05, 0.1) is 24.4 Å². The summed E-state index contributed by atoms with van der Waals surface area (Å²) in [5.74, 6) is 1.78. The summed E-state index contributed by atoms with van der Waals surface area (Å²) in [5.41, 5.74) is 8.21. The van der Waals surface area contributed by atoms with Gasteiger partial charge in [-0.2, -0.15) is 0 Å². The van der Waals surface area contributed by atoms with Gasteiger partial charge in [0.2, 0.25) is 0 Å². The normalized spacial score (nSPS) is 12.2. The molecule has 2 aromatic rings. The average molecular weight is 320 g/mol. The van der Waals surface area contributed by atoms with E-state index in [2.05, 4.69) is 18.0 Å². The number of hydrogen-bond acceptors (Lipinski definition) is 5. The number of nitrogens with zero attached hydrogens (tertiary/aromatic N) is 1. The molecular weight excluding hydrogens is 296 g/mol. The first-order valence-corrected chi connectivity index (χ1v) is 8.35. The van der Waals surface area contributed by atoms with E-state index in [9.17, 15) is 0 Å². The number of thiazole rings is 1. The van der Waals surface area contributed by atoms with E-state index in [4.69, 9.17) is 15.2 Å². The number of benzene rings is 1. The summed E-state index contributed by atoms with van der Waals surface area (Å²) >= 11 is 1.73. The zero-order valence-corrected chi connectivity index (χ0v) is 14.5. The van der Waals surface area contributed by atoms with E-state index in [0.717, 1.165) is 34.2 Å². The third-order valence-corrected chi connectivity index (χ3v) is 4.95. The molecular formula is C17H24N2O2S. The molecule has 0 amide bonds. The highest BCUT2D eigenvalue weighted by molar-refractivity contribution is 7.11. The van der Waals surface area contributed by atoms with Gasteiger partial charge in [0.1, 0.15) is 0 Å². The molecule has 0 aliphatic rings. The van der Waals surface area contributed by atoms with Crippen molar-refractivity contribution in [3.05, 3.63) is 39.3 Å². The van der Waals surface area contributed by atoms with E-state index in [1.165, 1.54) is 4.88 Å². The fourth-order valence-corrected chi connectivity index (χ4v) is 3.44. The summed E-state index contributed by atoms with van der Waals surface area (Å²) < 4.78 is 11.2. The second-order valence-corrected chi connectivity index (χ2v) is 6.45. The summed E-state index contributed by atoms with van der Waals surface area (Å²) in [7, 11) is 1.66. The fraction of sp³-hybridized carbons (Fsp3) is 0.471. The summed E-state index contributed by atoms with van der Waals surface area (Å²) in [6.07, 6.45) is 0.801. The van der Waals surface area contributed by atoms with Gasteiger partial charge in [-0.15, -0.1) is 11.3 Å². The summed E-state index contributed by atoms with van der Waals surface area (Å²) in [5, 5.41) is 1.10. The van der Waals surface area contributed by atoms with Gasteiger partial charge >= 0.3 is 0 Å². The molecule has 2 rings (SSSR count). The monoisotopic (exact) mass is 320 g/mol. The molecule has 2 N–H and O–H groups in total. The molecule has 0 aliphatic carbocycles. The quantitative estimate of drug-likeness (QED) is 0.849. The minimum atomic E-state index is 0.198. The van der Waals surface area contributed by atoms with E-state index in [0.29, 0.717) is 13.2 Å². The van der Waals surface area contributed by atoms with Gasteiger partial charge in [-0.1, -0.05) is 12.1 Å². The third kappa shape index (κ3) is 3.59. The predicted molar refractivity (Wildman–Crippen MR) is 91.3 cm³/mol. The maximum absolute atomic E-state index is 6.00. The van der Waals surface area contributed by atoms with Crippen molar-refractivity contribution in [3.63, 3.8) is 0 Å². The Morgan fingerprint density at radius 2 is 2.09 bits per heavy atom. The van der Waals surface area contributed by atoms with Gasteiger partial charge in [-0.25, -0.2) is 4.98 Å². The lowest BCUT2D eigenvalue weighted by Gasteiger charge is -2.17. The van der Waals surface area contributed by atoms with Crippen molar-refractivity contribution in [2.75, 3.05) is 20.3 Å². The lowest BCUT2D eigenvalue weighted by Crippen LogP contribution is -2.15. The summed E-state index contributed by atoms with van der Waals surface area (Å²) in [6, 6.07) is 5.98. The molecule has 0 fully saturated rings. The molecule has 120 valence electrons. The molecule has 0 saturated carbocycles. The van der Waals surface area contributed by atoms with Crippen LogP contribution >= 0.6 is 11.3 Å². The highest BCUT2D eigenvalue weighted by Crippen LogP contribution is 2.35. The lowest BCUT2D eigenvalue weighted by molar-refractivity contribution is 0.307. The van der Waals surface area contributed by atoms with Gasteiger partial charge in [0, 0.05) is 17.3 Å². The first kappa shape index (κ1) is 16.8. The number of rotatable bonds is 7. The Bertz CT molecular complexity index is 606. The number of aromatic nitrogens is 1. The van der Waals surface area contributed by atoms with E-state index in [1.807, 2.05) is 26.0 Å². The largest absolute Gasteiger partial charge is 0.493 e. The Morgan fingerprint density at radius 3 is 2.64 bits per heavy atom. The Balaban J connectivity index is 2.31. The lowest BCUT2D eigenvalue weighted by atomic mass is 9.99. The molecule has 1 aromatic carbocycles. The molecule has 1 unspecified atom stereocenters. The highest BCUT2D eigenvalue weighted by atomic mass is 32.1. The Kier molecular flexibility index (Phi) is 5.80. The molecule has 0 bridgehead atoms. The number of ether oxygens (including phenoxy) is 2. The zero-order chi connectivity index (χ0) is 16.1. The Morgan fingerprint density at radius 1 is 1.32 bits per heavy atom. The minimum absolute atomic E-state index is 0.198. The van der Waals surface area contributed by atoms with Crippen molar-refractivity contribution >= 4 is 11.3 Å². The fourth-order valence-electron chi connectivity index (χ4n) is 2.40. The first-order valence-electron chi connectivity index (χ1n) is 7.53. The first-order chi connectivity index (χ1) is 10.6. The summed E-state index contributed by atoms with van der Waals surface area (Å²) in [4.78, 5) is 5.92. The van der Waals surface area contributed by atoms with Gasteiger partial charge in [0.15, 0.2) is 11.5 Å². The van der Waals surface area contributed by atoms with E-state index < -0.39 is 0 Å². The van der Waals surface area contributed by atoms with Crippen molar-refractivity contribution < 1.29 is 9.47 Å². The highest BCUT2D eigenvalue weighted by Gasteiger charge is 2.19. The smallest absolute Gasteiger partial charge is 0.164 e. The van der Waals surface area contributed by atoms with Crippen LogP contribution in [0.5, 0.6) is 11.5 Å². The Hall–Kier alpha value is -1.59. The second-order valence-electron chi connectivity index (χ2n) is 5.21. The van der Waals surface area contributed by atoms with Crippen molar-refractivity contribution in [2.24, 2.45) is 5.73 Å². The van der Waals surface area contributed by atoms with Crippen LogP contribution in [0.3, 0.4) is 0 Å². The molecule has 1 atom stereocenters. The van der Waals surface area contributed by atoms with Crippen LogP contribution in [0.2, 0.25) is 0 Å². The van der Waals surface area contributed by atoms with Gasteiger partial charge in [-0.3, -0.25) is 0 Å². The number of methoxy groups -OCH3 is 1. The van der Waals surface area contributed by atoms with Crippen molar-refractivity contribution in [2.45, 2.75) is 33.1 Å². The average Bonchev–Trinajstić information content (AvgIpc) is 2.85. The van der Waals surface area contributed by atoms with Crippen LogP contribution in [-0.2, 0) is 6.42 Å². The maximum Gasteiger partial charge on any atom is 0.164 e. The molecule has 0 spiro atoms. The molecule has 1 heterocycles. The zero-order valence-electron chi connectivity index (χ0n) is 13.7. The van der Waals surface area contributed by atoms with Crippen LogP contribution in [-0.4, -0.2) is 25.2 Å². The van der Waals surface area contributed by atoms with Crippen LogP contribution in [0.25, 0.3) is 0 Å². The minimum Gasteiger partial charge on any atom is -0.493 e. The number of para-hydroxylation sites is 1. The van der Waals surface area contributed by atoms with Crippen molar-refractivity contribution in [1.82, 2.24) is 4.98 Å².